The Morgan fingerprint density at radius 3 is 2.75 bits per heavy atom. The van der Waals surface area contributed by atoms with Gasteiger partial charge >= 0.3 is 0 Å². The number of halogens is 2. The van der Waals surface area contributed by atoms with E-state index in [1.807, 2.05) is 0 Å². The summed E-state index contributed by atoms with van der Waals surface area (Å²) in [5, 5.41) is 3.76. The molecule has 0 aromatic carbocycles. The molecular weight excluding hydrogens is 286 g/mol. The van der Waals surface area contributed by atoms with Crippen LogP contribution in [0.25, 0.3) is 0 Å². The van der Waals surface area contributed by atoms with Crippen molar-refractivity contribution in [3.63, 3.8) is 0 Å². The monoisotopic (exact) mass is 299 g/mol. The Balaban J connectivity index is 0.00000121. The van der Waals surface area contributed by atoms with Crippen molar-refractivity contribution in [3.05, 3.63) is 0 Å². The third-order valence-corrected chi connectivity index (χ3v) is 2.96. The van der Waals surface area contributed by atoms with Gasteiger partial charge in [0.25, 0.3) is 0 Å². The Labute approximate surface area is 92.4 Å². The SMILES string of the molecule is Br.CC[C@@H]1CNC[C@@H]1C(=O)CBr. The van der Waals surface area contributed by atoms with Gasteiger partial charge in [-0.25, -0.2) is 0 Å². The number of carbonyl (C=O) groups is 1. The Morgan fingerprint density at radius 2 is 2.25 bits per heavy atom. The first-order valence-electron chi connectivity index (χ1n) is 4.09. The zero-order valence-corrected chi connectivity index (χ0v) is 10.5. The number of Topliss-reactive ketones (excluding diaryl/α,β-unsaturated/α-hetero) is 1. The lowest BCUT2D eigenvalue weighted by atomic mass is 9.91. The summed E-state index contributed by atoms with van der Waals surface area (Å²) >= 11 is 3.20. The molecule has 2 nitrogen and oxygen atoms in total. The molecule has 1 N–H and O–H groups in total. The van der Waals surface area contributed by atoms with Gasteiger partial charge in [0.15, 0.2) is 0 Å². The second-order valence-corrected chi connectivity index (χ2v) is 3.59. The lowest BCUT2D eigenvalue weighted by molar-refractivity contribution is -0.120. The standard InChI is InChI=1S/C8H14BrNO.BrH/c1-2-6-4-10-5-7(6)8(11)3-9;/h6-7,10H,2-5H2,1H3;1H/t6-,7+;/m1./s1. The maximum Gasteiger partial charge on any atom is 0.148 e. The van der Waals surface area contributed by atoms with Gasteiger partial charge in [-0.15, -0.1) is 17.0 Å². The van der Waals surface area contributed by atoms with Gasteiger partial charge in [0.05, 0.1) is 5.33 Å². The van der Waals surface area contributed by atoms with Crippen molar-refractivity contribution in [1.82, 2.24) is 5.32 Å². The maximum absolute atomic E-state index is 11.3. The Bertz CT molecular complexity index is 152. The average Bonchev–Trinajstić information content (AvgIpc) is 2.50. The van der Waals surface area contributed by atoms with Crippen molar-refractivity contribution in [2.75, 3.05) is 18.4 Å². The third kappa shape index (κ3) is 2.82. The number of hydrogen-bond acceptors (Lipinski definition) is 2. The van der Waals surface area contributed by atoms with Crippen LogP contribution in [0.3, 0.4) is 0 Å². The summed E-state index contributed by atoms with van der Waals surface area (Å²) in [7, 11) is 0. The van der Waals surface area contributed by atoms with Crippen molar-refractivity contribution >= 4 is 38.7 Å². The fourth-order valence-electron chi connectivity index (χ4n) is 1.64. The van der Waals surface area contributed by atoms with Gasteiger partial charge in [-0.3, -0.25) is 4.79 Å². The number of nitrogens with one attached hydrogen (secondary N) is 1. The smallest absolute Gasteiger partial charge is 0.148 e. The molecule has 1 rings (SSSR count). The van der Waals surface area contributed by atoms with Crippen LogP contribution in [0, 0.1) is 11.8 Å². The minimum absolute atomic E-state index is 0. The maximum atomic E-state index is 11.3. The molecular formula is C8H15Br2NO. The van der Waals surface area contributed by atoms with Gasteiger partial charge < -0.3 is 5.32 Å². The van der Waals surface area contributed by atoms with Crippen LogP contribution in [0.15, 0.2) is 0 Å². The summed E-state index contributed by atoms with van der Waals surface area (Å²) in [4.78, 5) is 11.3. The topological polar surface area (TPSA) is 29.1 Å². The lowest BCUT2D eigenvalue weighted by Gasteiger charge is -2.13. The third-order valence-electron chi connectivity index (χ3n) is 2.41. The number of rotatable bonds is 3. The van der Waals surface area contributed by atoms with Crippen LogP contribution in [0.5, 0.6) is 0 Å². The average molecular weight is 301 g/mol. The molecule has 0 saturated carbocycles. The number of ketones is 1. The van der Waals surface area contributed by atoms with Gasteiger partial charge in [0.1, 0.15) is 5.78 Å². The number of alkyl halides is 1. The van der Waals surface area contributed by atoms with E-state index in [1.165, 1.54) is 0 Å². The van der Waals surface area contributed by atoms with Gasteiger partial charge in [-0.05, 0) is 12.5 Å². The van der Waals surface area contributed by atoms with Gasteiger partial charge in [-0.2, -0.15) is 0 Å². The minimum atomic E-state index is 0. The van der Waals surface area contributed by atoms with Gasteiger partial charge in [0, 0.05) is 12.5 Å². The fraction of sp³-hybridized carbons (Fsp3) is 0.875. The molecule has 0 aliphatic carbocycles. The molecule has 1 heterocycles. The predicted octanol–water partition coefficient (Wildman–Crippen LogP) is 1.77. The molecule has 2 atom stereocenters. The molecule has 72 valence electrons. The van der Waals surface area contributed by atoms with Crippen molar-refractivity contribution in [1.29, 1.82) is 0 Å². The van der Waals surface area contributed by atoms with Crippen molar-refractivity contribution in [3.8, 4) is 0 Å². The first-order chi connectivity index (χ1) is 5.29. The zero-order valence-electron chi connectivity index (χ0n) is 7.18. The summed E-state index contributed by atoms with van der Waals surface area (Å²) in [6, 6.07) is 0. The van der Waals surface area contributed by atoms with E-state index in [0.717, 1.165) is 19.5 Å². The van der Waals surface area contributed by atoms with Crippen LogP contribution in [-0.4, -0.2) is 24.2 Å². The molecule has 0 spiro atoms. The van der Waals surface area contributed by atoms with Crippen LogP contribution in [0.4, 0.5) is 0 Å². The highest BCUT2D eigenvalue weighted by Gasteiger charge is 2.30. The molecule has 1 fully saturated rings. The molecule has 1 saturated heterocycles. The van der Waals surface area contributed by atoms with E-state index in [2.05, 4.69) is 28.2 Å². The van der Waals surface area contributed by atoms with Crippen LogP contribution in [-0.2, 0) is 4.79 Å². The Hall–Kier alpha value is 0.590. The van der Waals surface area contributed by atoms with Crippen LogP contribution in [0.1, 0.15) is 13.3 Å². The second kappa shape index (κ2) is 6.11. The molecule has 4 heteroatoms. The largest absolute Gasteiger partial charge is 0.316 e. The molecule has 0 aromatic rings. The summed E-state index contributed by atoms with van der Waals surface area (Å²) in [5.74, 6) is 1.18. The fourth-order valence-corrected chi connectivity index (χ4v) is 2.05. The highest BCUT2D eigenvalue weighted by atomic mass is 79.9. The van der Waals surface area contributed by atoms with E-state index >= 15 is 0 Å². The van der Waals surface area contributed by atoms with E-state index in [-0.39, 0.29) is 22.9 Å². The second-order valence-electron chi connectivity index (χ2n) is 3.03. The van der Waals surface area contributed by atoms with Crippen molar-refractivity contribution < 1.29 is 4.79 Å². The van der Waals surface area contributed by atoms with E-state index in [4.69, 9.17) is 0 Å². The first kappa shape index (κ1) is 12.6. The summed E-state index contributed by atoms with van der Waals surface area (Å²) in [6.07, 6.45) is 1.11. The summed E-state index contributed by atoms with van der Waals surface area (Å²) in [6.45, 7) is 4.04. The highest BCUT2D eigenvalue weighted by Crippen LogP contribution is 2.21. The normalized spacial score (nSPS) is 28.2. The van der Waals surface area contributed by atoms with Gasteiger partial charge in [0.2, 0.25) is 0 Å². The van der Waals surface area contributed by atoms with E-state index in [0.29, 0.717) is 17.0 Å². The minimum Gasteiger partial charge on any atom is -0.316 e. The van der Waals surface area contributed by atoms with E-state index in [9.17, 15) is 4.79 Å². The zero-order chi connectivity index (χ0) is 8.27. The van der Waals surface area contributed by atoms with Gasteiger partial charge in [-0.1, -0.05) is 29.3 Å². The molecule has 12 heavy (non-hydrogen) atoms. The summed E-state index contributed by atoms with van der Waals surface area (Å²) < 4.78 is 0. The summed E-state index contributed by atoms with van der Waals surface area (Å²) in [5.41, 5.74) is 0. The number of hydrogen-bond donors (Lipinski definition) is 1. The predicted molar refractivity (Wildman–Crippen MR) is 59.3 cm³/mol. The van der Waals surface area contributed by atoms with Crippen LogP contribution in [0.2, 0.25) is 0 Å². The molecule has 0 unspecified atom stereocenters. The van der Waals surface area contributed by atoms with Crippen LogP contribution >= 0.6 is 32.9 Å². The Kier molecular flexibility index (Phi) is 6.41. The molecule has 0 bridgehead atoms. The quantitative estimate of drug-likeness (QED) is 0.805. The van der Waals surface area contributed by atoms with E-state index < -0.39 is 0 Å². The number of carbonyl (C=O) groups excluding carboxylic acids is 1. The van der Waals surface area contributed by atoms with Crippen LogP contribution < -0.4 is 5.32 Å². The molecule has 0 aromatic heterocycles. The first-order valence-corrected chi connectivity index (χ1v) is 5.21. The Morgan fingerprint density at radius 1 is 1.58 bits per heavy atom. The molecule has 1 aliphatic heterocycles. The molecule has 0 amide bonds. The lowest BCUT2D eigenvalue weighted by Crippen LogP contribution is -2.23. The molecule has 0 radical (unpaired) electrons. The van der Waals surface area contributed by atoms with Crippen molar-refractivity contribution in [2.24, 2.45) is 11.8 Å². The van der Waals surface area contributed by atoms with Crippen molar-refractivity contribution in [2.45, 2.75) is 13.3 Å². The molecule has 1 aliphatic rings. The van der Waals surface area contributed by atoms with E-state index in [1.54, 1.807) is 0 Å². The highest BCUT2D eigenvalue weighted by molar-refractivity contribution is 9.09.